The van der Waals surface area contributed by atoms with Crippen molar-refractivity contribution < 1.29 is 9.47 Å². The van der Waals surface area contributed by atoms with Crippen LogP contribution in [0.2, 0.25) is 0 Å². The molecule has 16 heavy (non-hydrogen) atoms. The Bertz CT molecular complexity index is 360. The fourth-order valence-electron chi connectivity index (χ4n) is 1.54. The molecule has 0 spiro atoms. The second-order valence-electron chi connectivity index (χ2n) is 3.68. The van der Waals surface area contributed by atoms with Crippen molar-refractivity contribution >= 4 is 5.71 Å². The summed E-state index contributed by atoms with van der Waals surface area (Å²) < 4.78 is 10.7. The van der Waals surface area contributed by atoms with Crippen LogP contribution >= 0.6 is 0 Å². The first-order valence-electron chi connectivity index (χ1n) is 5.37. The highest BCUT2D eigenvalue weighted by atomic mass is 16.5. The second kappa shape index (κ2) is 5.51. The molecule has 1 heterocycles. The summed E-state index contributed by atoms with van der Waals surface area (Å²) >= 11 is 0. The predicted octanol–water partition coefficient (Wildman–Crippen LogP) is 1.56. The van der Waals surface area contributed by atoms with Gasteiger partial charge in [-0.1, -0.05) is 12.1 Å². The molecule has 0 atom stereocenters. The molecule has 0 unspecified atom stereocenters. The average molecular weight is 220 g/mol. The van der Waals surface area contributed by atoms with Crippen molar-refractivity contribution in [1.29, 1.82) is 0 Å². The minimum Gasteiger partial charge on any atom is -0.497 e. The maximum absolute atomic E-state index is 5.57. The quantitative estimate of drug-likeness (QED) is 0.819. The average Bonchev–Trinajstić information content (AvgIpc) is 2.83. The van der Waals surface area contributed by atoms with E-state index in [0.29, 0.717) is 13.2 Å². The highest BCUT2D eigenvalue weighted by Gasteiger charge is 2.05. The molecule has 86 valence electrons. The number of nitrogens with zero attached hydrogens (tertiary/aromatic N) is 1. The molecule has 0 fully saturated rings. The number of hydrogen-bond acceptors (Lipinski definition) is 4. The van der Waals surface area contributed by atoms with E-state index in [1.807, 2.05) is 24.3 Å². The number of hydrazone groups is 1. The first-order valence-corrected chi connectivity index (χ1v) is 5.37. The summed E-state index contributed by atoms with van der Waals surface area (Å²) in [5.74, 6) is 0.869. The van der Waals surface area contributed by atoms with Crippen molar-refractivity contribution in [3.8, 4) is 5.75 Å². The van der Waals surface area contributed by atoms with Gasteiger partial charge < -0.3 is 14.9 Å². The van der Waals surface area contributed by atoms with E-state index in [1.165, 1.54) is 0 Å². The Balaban J connectivity index is 1.76. The number of rotatable bonds is 5. The molecule has 0 radical (unpaired) electrons. The topological polar surface area (TPSA) is 42.9 Å². The smallest absolute Gasteiger partial charge is 0.118 e. The Morgan fingerprint density at radius 3 is 2.69 bits per heavy atom. The minimum absolute atomic E-state index is 0.610. The molecular formula is C12H16N2O2. The van der Waals surface area contributed by atoms with Crippen molar-refractivity contribution in [2.75, 3.05) is 20.3 Å². The summed E-state index contributed by atoms with van der Waals surface area (Å²) in [5, 5.41) is 4.12. The van der Waals surface area contributed by atoms with E-state index in [-0.39, 0.29) is 0 Å². The van der Waals surface area contributed by atoms with E-state index in [1.54, 1.807) is 7.11 Å². The minimum atomic E-state index is 0.610. The van der Waals surface area contributed by atoms with Gasteiger partial charge in [-0.2, -0.15) is 5.10 Å². The number of ether oxygens (including phenoxy) is 2. The normalized spacial score (nSPS) is 14.4. The first kappa shape index (κ1) is 11.0. The molecule has 4 nitrogen and oxygen atoms in total. The van der Waals surface area contributed by atoms with Crippen molar-refractivity contribution in [3.05, 3.63) is 29.8 Å². The maximum atomic E-state index is 5.57. The molecule has 0 aliphatic carbocycles. The fourth-order valence-corrected chi connectivity index (χ4v) is 1.54. The molecule has 0 saturated carbocycles. The molecule has 0 saturated heterocycles. The fraction of sp³-hybridized carbons (Fsp3) is 0.417. The van der Waals surface area contributed by atoms with Crippen LogP contribution in [0, 0.1) is 0 Å². The number of hydrogen-bond donors (Lipinski definition) is 1. The van der Waals surface area contributed by atoms with Crippen LogP contribution in [0.5, 0.6) is 5.75 Å². The van der Waals surface area contributed by atoms with E-state index in [9.17, 15) is 0 Å². The summed E-state index contributed by atoms with van der Waals surface area (Å²) in [4.78, 5) is 0. The largest absolute Gasteiger partial charge is 0.497 e. The van der Waals surface area contributed by atoms with Crippen LogP contribution in [0.25, 0.3) is 0 Å². The summed E-state index contributed by atoms with van der Waals surface area (Å²) in [6.07, 6.45) is 0.989. The zero-order chi connectivity index (χ0) is 11.2. The molecule has 1 aromatic rings. The SMILES string of the molecule is COc1ccc(COCC2=NNCC2)cc1. The second-order valence-corrected chi connectivity index (χ2v) is 3.68. The Hall–Kier alpha value is -1.55. The van der Waals surface area contributed by atoms with Crippen LogP contribution in [-0.4, -0.2) is 26.0 Å². The lowest BCUT2D eigenvalue weighted by molar-refractivity contribution is 0.157. The Labute approximate surface area is 95.3 Å². The van der Waals surface area contributed by atoms with Crippen LogP contribution in [0.3, 0.4) is 0 Å². The predicted molar refractivity (Wildman–Crippen MR) is 62.7 cm³/mol. The van der Waals surface area contributed by atoms with Crippen molar-refractivity contribution in [1.82, 2.24) is 5.43 Å². The third-order valence-corrected chi connectivity index (χ3v) is 2.46. The monoisotopic (exact) mass is 220 g/mol. The van der Waals surface area contributed by atoms with Gasteiger partial charge in [-0.3, -0.25) is 0 Å². The van der Waals surface area contributed by atoms with Gasteiger partial charge in [0.25, 0.3) is 0 Å². The molecule has 1 aromatic carbocycles. The van der Waals surface area contributed by atoms with E-state index in [0.717, 1.165) is 30.0 Å². The van der Waals surface area contributed by atoms with Crippen LogP contribution in [0.1, 0.15) is 12.0 Å². The van der Waals surface area contributed by atoms with Crippen LogP contribution in [-0.2, 0) is 11.3 Å². The number of benzene rings is 1. The van der Waals surface area contributed by atoms with Gasteiger partial charge in [0.1, 0.15) is 5.75 Å². The first-order chi connectivity index (χ1) is 7.88. The van der Waals surface area contributed by atoms with Crippen LogP contribution < -0.4 is 10.2 Å². The molecule has 4 heteroatoms. The van der Waals surface area contributed by atoms with E-state index < -0.39 is 0 Å². The van der Waals surface area contributed by atoms with Gasteiger partial charge in [0, 0.05) is 13.0 Å². The maximum Gasteiger partial charge on any atom is 0.118 e. The molecule has 0 amide bonds. The summed E-state index contributed by atoms with van der Waals surface area (Å²) in [7, 11) is 1.66. The van der Waals surface area contributed by atoms with Gasteiger partial charge in [-0.05, 0) is 17.7 Å². The Morgan fingerprint density at radius 1 is 1.25 bits per heavy atom. The van der Waals surface area contributed by atoms with Gasteiger partial charge in [-0.25, -0.2) is 0 Å². The third kappa shape index (κ3) is 2.97. The number of methoxy groups -OCH3 is 1. The lowest BCUT2D eigenvalue weighted by Crippen LogP contribution is -2.06. The number of nitrogens with one attached hydrogen (secondary N) is 1. The summed E-state index contributed by atoms with van der Waals surface area (Å²) in [6, 6.07) is 7.89. The molecule has 2 rings (SSSR count). The lowest BCUT2D eigenvalue weighted by Gasteiger charge is -2.04. The highest BCUT2D eigenvalue weighted by Crippen LogP contribution is 2.12. The standard InChI is InChI=1S/C12H16N2O2/c1-15-12-4-2-10(3-5-12)8-16-9-11-6-7-13-14-11/h2-5,13H,6-9H2,1H3. The van der Waals surface area contributed by atoms with Crippen LogP contribution in [0.4, 0.5) is 0 Å². The molecular weight excluding hydrogens is 204 g/mol. The van der Waals surface area contributed by atoms with E-state index >= 15 is 0 Å². The molecule has 0 aromatic heterocycles. The van der Waals surface area contributed by atoms with E-state index in [4.69, 9.17) is 9.47 Å². The van der Waals surface area contributed by atoms with E-state index in [2.05, 4.69) is 10.5 Å². The third-order valence-electron chi connectivity index (χ3n) is 2.46. The molecule has 1 aliphatic heterocycles. The van der Waals surface area contributed by atoms with Crippen molar-refractivity contribution in [2.24, 2.45) is 5.10 Å². The van der Waals surface area contributed by atoms with Crippen LogP contribution in [0.15, 0.2) is 29.4 Å². The Morgan fingerprint density at radius 2 is 2.06 bits per heavy atom. The molecule has 1 N–H and O–H groups in total. The zero-order valence-electron chi connectivity index (χ0n) is 9.40. The lowest BCUT2D eigenvalue weighted by atomic mass is 10.2. The molecule has 0 bridgehead atoms. The van der Waals surface area contributed by atoms with Crippen molar-refractivity contribution in [3.63, 3.8) is 0 Å². The highest BCUT2D eigenvalue weighted by molar-refractivity contribution is 5.86. The summed E-state index contributed by atoms with van der Waals surface area (Å²) in [5.41, 5.74) is 5.16. The van der Waals surface area contributed by atoms with Crippen molar-refractivity contribution in [2.45, 2.75) is 13.0 Å². The Kier molecular flexibility index (Phi) is 3.77. The van der Waals surface area contributed by atoms with Gasteiger partial charge in [0.05, 0.1) is 26.0 Å². The zero-order valence-corrected chi connectivity index (χ0v) is 9.40. The van der Waals surface area contributed by atoms with Gasteiger partial charge in [0.15, 0.2) is 0 Å². The van der Waals surface area contributed by atoms with Gasteiger partial charge >= 0.3 is 0 Å². The van der Waals surface area contributed by atoms with Gasteiger partial charge in [-0.15, -0.1) is 0 Å². The van der Waals surface area contributed by atoms with Gasteiger partial charge in [0.2, 0.25) is 0 Å². The molecule has 1 aliphatic rings. The summed E-state index contributed by atoms with van der Waals surface area (Å²) in [6.45, 7) is 2.16.